The van der Waals surface area contributed by atoms with E-state index in [1.165, 1.54) is 17.7 Å². The number of nitrogens with one attached hydrogen (secondary N) is 1. The summed E-state index contributed by atoms with van der Waals surface area (Å²) in [4.78, 5) is 18.4. The lowest BCUT2D eigenvalue weighted by Gasteiger charge is -2.37. The van der Waals surface area contributed by atoms with Gasteiger partial charge in [0.1, 0.15) is 5.75 Å². The number of quaternary nitrogens is 1. The monoisotopic (exact) mass is 332 g/mol. The zero-order chi connectivity index (χ0) is 16.9. The summed E-state index contributed by atoms with van der Waals surface area (Å²) in [7, 11) is 0. The number of benzene rings is 1. The average molecular weight is 332 g/mol. The number of rotatable bonds is 4. The predicted molar refractivity (Wildman–Crippen MR) is 95.5 cm³/mol. The first-order valence-electron chi connectivity index (χ1n) is 9.35. The number of carbonyl (C=O) groups excluding carboxylic acids is 1. The van der Waals surface area contributed by atoms with Crippen LogP contribution in [0.3, 0.4) is 0 Å². The molecule has 1 aromatic rings. The lowest BCUT2D eigenvalue weighted by molar-refractivity contribution is -0.892. The van der Waals surface area contributed by atoms with E-state index >= 15 is 0 Å². The summed E-state index contributed by atoms with van der Waals surface area (Å²) in [6.07, 6.45) is 4.65. The van der Waals surface area contributed by atoms with Crippen molar-refractivity contribution in [2.75, 3.05) is 44.2 Å². The van der Waals surface area contributed by atoms with E-state index in [0.717, 1.165) is 51.3 Å². The first kappa shape index (κ1) is 17.1. The van der Waals surface area contributed by atoms with E-state index in [1.807, 2.05) is 18.2 Å². The maximum absolute atomic E-state index is 12.7. The van der Waals surface area contributed by atoms with Crippen molar-refractivity contribution >= 4 is 11.6 Å². The summed E-state index contributed by atoms with van der Waals surface area (Å²) < 4.78 is 0. The molecule has 5 nitrogen and oxygen atoms in total. The number of amides is 1. The summed E-state index contributed by atoms with van der Waals surface area (Å²) in [5.74, 6) is 0.670. The fourth-order valence-corrected chi connectivity index (χ4v) is 4.04. The minimum absolute atomic E-state index is 0.326. The highest BCUT2D eigenvalue weighted by Gasteiger charge is 2.29. The molecule has 1 aromatic carbocycles. The minimum Gasteiger partial charge on any atom is -0.506 e. The highest BCUT2D eigenvalue weighted by molar-refractivity contribution is 5.77. The standard InChI is InChI=1S/C19H29N3O2/c1-2-16-7-5-6-10-22(16)19(24)15-20-11-13-21(14-12-20)17-8-3-4-9-18(17)23/h3-4,8-9,16,23H,2,5-7,10-15H2,1H3/p+1/t16-/m1/s1. The molecule has 2 aliphatic heterocycles. The van der Waals surface area contributed by atoms with E-state index in [4.69, 9.17) is 0 Å². The van der Waals surface area contributed by atoms with Crippen LogP contribution in [0.5, 0.6) is 5.75 Å². The molecule has 0 unspecified atom stereocenters. The summed E-state index contributed by atoms with van der Waals surface area (Å²) in [5.41, 5.74) is 0.907. The zero-order valence-corrected chi connectivity index (χ0v) is 14.7. The Labute approximate surface area is 144 Å². The van der Waals surface area contributed by atoms with Crippen molar-refractivity contribution < 1.29 is 14.8 Å². The number of piperidine rings is 1. The molecule has 2 N–H and O–H groups in total. The van der Waals surface area contributed by atoms with Crippen LogP contribution in [0, 0.1) is 0 Å². The molecular formula is C19H30N3O2+. The molecule has 0 aliphatic carbocycles. The number of hydrogen-bond acceptors (Lipinski definition) is 3. The molecule has 5 heteroatoms. The van der Waals surface area contributed by atoms with Gasteiger partial charge in [-0.05, 0) is 37.8 Å². The topological polar surface area (TPSA) is 48.2 Å². The Bertz CT molecular complexity index is 555. The fraction of sp³-hybridized carbons (Fsp3) is 0.632. The summed E-state index contributed by atoms with van der Waals surface area (Å²) in [6, 6.07) is 7.96. The van der Waals surface area contributed by atoms with Crippen LogP contribution in [-0.4, -0.2) is 61.2 Å². The molecule has 24 heavy (non-hydrogen) atoms. The van der Waals surface area contributed by atoms with Crippen molar-refractivity contribution in [1.82, 2.24) is 4.90 Å². The Balaban J connectivity index is 1.52. The first-order valence-corrected chi connectivity index (χ1v) is 9.35. The smallest absolute Gasteiger partial charge is 0.278 e. The Morgan fingerprint density at radius 2 is 1.96 bits per heavy atom. The van der Waals surface area contributed by atoms with E-state index < -0.39 is 0 Å². The van der Waals surface area contributed by atoms with E-state index in [9.17, 15) is 9.90 Å². The van der Waals surface area contributed by atoms with Crippen molar-refractivity contribution in [3.05, 3.63) is 24.3 Å². The van der Waals surface area contributed by atoms with Crippen molar-refractivity contribution in [2.24, 2.45) is 0 Å². The molecule has 0 radical (unpaired) electrons. The number of phenols is 1. The van der Waals surface area contributed by atoms with Crippen molar-refractivity contribution in [3.63, 3.8) is 0 Å². The van der Waals surface area contributed by atoms with Gasteiger partial charge in [-0.3, -0.25) is 4.79 Å². The lowest BCUT2D eigenvalue weighted by atomic mass is 10.00. The number of nitrogens with zero attached hydrogens (tertiary/aromatic N) is 2. The number of phenolic OH excluding ortho intramolecular Hbond substituents is 1. The van der Waals surface area contributed by atoms with Crippen molar-refractivity contribution in [2.45, 2.75) is 38.6 Å². The Hall–Kier alpha value is -1.75. The Morgan fingerprint density at radius 1 is 1.21 bits per heavy atom. The van der Waals surface area contributed by atoms with Gasteiger partial charge in [-0.25, -0.2) is 0 Å². The molecule has 1 amide bonds. The second-order valence-electron chi connectivity index (χ2n) is 7.05. The van der Waals surface area contributed by atoms with Crippen LogP contribution in [0.2, 0.25) is 0 Å². The highest BCUT2D eigenvalue weighted by atomic mass is 16.3. The van der Waals surface area contributed by atoms with Crippen LogP contribution in [0.15, 0.2) is 24.3 Å². The number of likely N-dealkylation sites (tertiary alicyclic amines) is 1. The normalized spacial score (nSPS) is 22.6. The van der Waals surface area contributed by atoms with Crippen molar-refractivity contribution in [3.8, 4) is 5.75 Å². The van der Waals surface area contributed by atoms with Gasteiger partial charge < -0.3 is 19.8 Å². The summed E-state index contributed by atoms with van der Waals surface area (Å²) in [6.45, 7) is 7.41. The predicted octanol–water partition coefficient (Wildman–Crippen LogP) is 0.888. The number of anilines is 1. The van der Waals surface area contributed by atoms with Gasteiger partial charge in [0.2, 0.25) is 0 Å². The number of piperazine rings is 1. The van der Waals surface area contributed by atoms with Gasteiger partial charge in [0.15, 0.2) is 6.54 Å². The van der Waals surface area contributed by atoms with E-state index in [0.29, 0.717) is 24.2 Å². The fourth-order valence-electron chi connectivity index (χ4n) is 4.04. The molecule has 0 saturated carbocycles. The van der Waals surface area contributed by atoms with Gasteiger partial charge in [0, 0.05) is 12.6 Å². The summed E-state index contributed by atoms with van der Waals surface area (Å²) >= 11 is 0. The van der Waals surface area contributed by atoms with Gasteiger partial charge >= 0.3 is 0 Å². The number of aromatic hydroxyl groups is 1. The van der Waals surface area contributed by atoms with Crippen LogP contribution in [0.4, 0.5) is 5.69 Å². The third-order valence-electron chi connectivity index (χ3n) is 5.51. The number of hydrogen-bond donors (Lipinski definition) is 2. The first-order chi connectivity index (χ1) is 11.7. The molecule has 2 heterocycles. The highest BCUT2D eigenvalue weighted by Crippen LogP contribution is 2.26. The van der Waals surface area contributed by atoms with Crippen LogP contribution in [0.1, 0.15) is 32.6 Å². The molecule has 2 fully saturated rings. The van der Waals surface area contributed by atoms with E-state index in [2.05, 4.69) is 16.7 Å². The molecule has 2 saturated heterocycles. The van der Waals surface area contributed by atoms with Gasteiger partial charge in [-0.15, -0.1) is 0 Å². The molecule has 0 bridgehead atoms. The lowest BCUT2D eigenvalue weighted by Crippen LogP contribution is -3.16. The maximum atomic E-state index is 12.7. The quantitative estimate of drug-likeness (QED) is 0.861. The molecule has 3 rings (SSSR count). The third kappa shape index (κ3) is 3.83. The maximum Gasteiger partial charge on any atom is 0.278 e. The minimum atomic E-state index is 0.326. The van der Waals surface area contributed by atoms with E-state index in [1.54, 1.807) is 6.07 Å². The van der Waals surface area contributed by atoms with Gasteiger partial charge in [0.05, 0.1) is 31.9 Å². The molecule has 0 aromatic heterocycles. The van der Waals surface area contributed by atoms with Crippen LogP contribution >= 0.6 is 0 Å². The van der Waals surface area contributed by atoms with Gasteiger partial charge in [0.25, 0.3) is 5.91 Å². The van der Waals surface area contributed by atoms with Crippen LogP contribution in [-0.2, 0) is 4.79 Å². The third-order valence-corrected chi connectivity index (χ3v) is 5.51. The number of para-hydroxylation sites is 2. The Kier molecular flexibility index (Phi) is 5.61. The SMILES string of the molecule is CC[C@@H]1CCCCN1C(=O)C[NH+]1CCN(c2ccccc2O)CC1. The zero-order valence-electron chi connectivity index (χ0n) is 14.7. The molecule has 132 valence electrons. The van der Waals surface area contributed by atoms with Crippen molar-refractivity contribution in [1.29, 1.82) is 0 Å². The van der Waals surface area contributed by atoms with E-state index in [-0.39, 0.29) is 0 Å². The molecular weight excluding hydrogens is 302 g/mol. The number of carbonyl (C=O) groups is 1. The second-order valence-corrected chi connectivity index (χ2v) is 7.05. The second kappa shape index (κ2) is 7.88. The average Bonchev–Trinajstić information content (AvgIpc) is 2.63. The molecule has 1 atom stereocenters. The molecule has 2 aliphatic rings. The Morgan fingerprint density at radius 3 is 2.67 bits per heavy atom. The summed E-state index contributed by atoms with van der Waals surface area (Å²) in [5, 5.41) is 9.99. The van der Waals surface area contributed by atoms with Crippen LogP contribution in [0.25, 0.3) is 0 Å². The van der Waals surface area contributed by atoms with Crippen LogP contribution < -0.4 is 9.80 Å². The van der Waals surface area contributed by atoms with Gasteiger partial charge in [-0.2, -0.15) is 0 Å². The largest absolute Gasteiger partial charge is 0.506 e. The van der Waals surface area contributed by atoms with Gasteiger partial charge in [-0.1, -0.05) is 19.1 Å². The molecule has 0 spiro atoms.